The van der Waals surface area contributed by atoms with Gasteiger partial charge in [-0.15, -0.1) is 0 Å². The van der Waals surface area contributed by atoms with Gasteiger partial charge in [0.2, 0.25) is 0 Å². The van der Waals surface area contributed by atoms with E-state index >= 15 is 0 Å². The highest BCUT2D eigenvalue weighted by molar-refractivity contribution is 9.10. The molecule has 2 aromatic rings. The van der Waals surface area contributed by atoms with Gasteiger partial charge in [-0.3, -0.25) is 9.69 Å². The number of carbonyl (C=O) groups excluding carboxylic acids is 1. The predicted molar refractivity (Wildman–Crippen MR) is 87.8 cm³/mol. The number of methoxy groups -OCH3 is 1. The molecule has 0 atom stereocenters. The van der Waals surface area contributed by atoms with Gasteiger partial charge in [0.15, 0.2) is 5.78 Å². The van der Waals surface area contributed by atoms with Gasteiger partial charge in [0.1, 0.15) is 5.75 Å². The Morgan fingerprint density at radius 1 is 1.19 bits per heavy atom. The Labute approximate surface area is 133 Å². The topological polar surface area (TPSA) is 29.5 Å². The van der Waals surface area contributed by atoms with E-state index in [1.54, 1.807) is 7.11 Å². The molecule has 0 bridgehead atoms. The molecule has 0 unspecified atom stereocenters. The molecule has 0 aromatic heterocycles. The standard InChI is InChI=1S/C17H18BrNO2/c1-19(11-13-6-8-16(21-2)9-7-13)12-17(20)14-4-3-5-15(18)10-14/h3-10H,11-12H2,1-2H3. The van der Waals surface area contributed by atoms with Crippen molar-refractivity contribution in [2.45, 2.75) is 6.54 Å². The van der Waals surface area contributed by atoms with Crippen molar-refractivity contribution >= 4 is 21.7 Å². The minimum atomic E-state index is 0.118. The minimum Gasteiger partial charge on any atom is -0.497 e. The molecule has 110 valence electrons. The molecule has 0 N–H and O–H groups in total. The van der Waals surface area contributed by atoms with Gasteiger partial charge in [0.25, 0.3) is 0 Å². The number of nitrogens with zero attached hydrogens (tertiary/aromatic N) is 1. The molecule has 4 heteroatoms. The van der Waals surface area contributed by atoms with Crippen LogP contribution in [0.4, 0.5) is 0 Å². The minimum absolute atomic E-state index is 0.118. The lowest BCUT2D eigenvalue weighted by Gasteiger charge is -2.16. The molecule has 0 fully saturated rings. The van der Waals surface area contributed by atoms with Crippen molar-refractivity contribution in [2.24, 2.45) is 0 Å². The van der Waals surface area contributed by atoms with Crippen LogP contribution in [0.25, 0.3) is 0 Å². The number of carbonyl (C=O) groups is 1. The Kier molecular flexibility index (Phi) is 5.53. The second kappa shape index (κ2) is 7.38. The van der Waals surface area contributed by atoms with Crippen molar-refractivity contribution in [3.63, 3.8) is 0 Å². The number of ketones is 1. The lowest BCUT2D eigenvalue weighted by atomic mass is 10.1. The molecule has 0 saturated heterocycles. The Hall–Kier alpha value is -1.65. The lowest BCUT2D eigenvalue weighted by Crippen LogP contribution is -2.25. The van der Waals surface area contributed by atoms with E-state index in [4.69, 9.17) is 4.74 Å². The molecule has 21 heavy (non-hydrogen) atoms. The third-order valence-electron chi connectivity index (χ3n) is 3.17. The molecule has 3 nitrogen and oxygen atoms in total. The van der Waals surface area contributed by atoms with Crippen LogP contribution in [0.1, 0.15) is 15.9 Å². The molecule has 0 aliphatic rings. The van der Waals surface area contributed by atoms with Gasteiger partial charge in [-0.1, -0.05) is 40.2 Å². The fraction of sp³-hybridized carbons (Fsp3) is 0.235. The van der Waals surface area contributed by atoms with Crippen molar-refractivity contribution < 1.29 is 9.53 Å². The molecular formula is C17H18BrNO2. The first-order chi connectivity index (χ1) is 10.1. The summed E-state index contributed by atoms with van der Waals surface area (Å²) in [5, 5.41) is 0. The first-order valence-electron chi connectivity index (χ1n) is 6.68. The zero-order valence-electron chi connectivity index (χ0n) is 12.2. The number of likely N-dealkylation sites (N-methyl/N-ethyl adjacent to an activating group) is 1. The maximum absolute atomic E-state index is 12.2. The maximum atomic E-state index is 12.2. The quantitative estimate of drug-likeness (QED) is 0.745. The number of Topliss-reactive ketones (excluding diaryl/α,β-unsaturated/α-hetero) is 1. The highest BCUT2D eigenvalue weighted by atomic mass is 79.9. The van der Waals surface area contributed by atoms with Crippen LogP contribution >= 0.6 is 15.9 Å². The Bertz CT molecular complexity index is 610. The van der Waals surface area contributed by atoms with Crippen LogP contribution in [0, 0.1) is 0 Å². The van der Waals surface area contributed by atoms with E-state index in [0.717, 1.165) is 27.9 Å². The van der Waals surface area contributed by atoms with Crippen molar-refractivity contribution in [1.29, 1.82) is 0 Å². The van der Waals surface area contributed by atoms with Crippen molar-refractivity contribution in [2.75, 3.05) is 20.7 Å². The highest BCUT2D eigenvalue weighted by Crippen LogP contribution is 2.14. The van der Waals surface area contributed by atoms with E-state index < -0.39 is 0 Å². The molecule has 0 saturated carbocycles. The van der Waals surface area contributed by atoms with Crippen LogP contribution in [0.15, 0.2) is 53.0 Å². The van der Waals surface area contributed by atoms with Gasteiger partial charge in [-0.25, -0.2) is 0 Å². The van der Waals surface area contributed by atoms with Gasteiger partial charge in [-0.05, 0) is 36.9 Å². The van der Waals surface area contributed by atoms with E-state index in [1.807, 2.05) is 60.5 Å². The summed E-state index contributed by atoms with van der Waals surface area (Å²) in [7, 11) is 3.60. The lowest BCUT2D eigenvalue weighted by molar-refractivity contribution is 0.0943. The third-order valence-corrected chi connectivity index (χ3v) is 3.66. The molecule has 0 heterocycles. The average molecular weight is 348 g/mol. The maximum Gasteiger partial charge on any atom is 0.176 e. The van der Waals surface area contributed by atoms with Gasteiger partial charge < -0.3 is 4.74 Å². The fourth-order valence-electron chi connectivity index (χ4n) is 2.10. The average Bonchev–Trinajstić information content (AvgIpc) is 2.48. The molecular weight excluding hydrogens is 330 g/mol. The zero-order valence-corrected chi connectivity index (χ0v) is 13.8. The molecule has 2 rings (SSSR count). The van der Waals surface area contributed by atoms with E-state index in [9.17, 15) is 4.79 Å². The molecule has 0 spiro atoms. The number of rotatable bonds is 6. The van der Waals surface area contributed by atoms with E-state index in [-0.39, 0.29) is 5.78 Å². The van der Waals surface area contributed by atoms with Gasteiger partial charge in [-0.2, -0.15) is 0 Å². The van der Waals surface area contributed by atoms with Crippen LogP contribution < -0.4 is 4.74 Å². The molecule has 0 aliphatic carbocycles. The smallest absolute Gasteiger partial charge is 0.176 e. The number of hydrogen-bond acceptors (Lipinski definition) is 3. The number of halogens is 1. The first-order valence-corrected chi connectivity index (χ1v) is 7.48. The number of ether oxygens (including phenoxy) is 1. The Morgan fingerprint density at radius 3 is 2.52 bits per heavy atom. The molecule has 2 aromatic carbocycles. The van der Waals surface area contributed by atoms with Crippen molar-refractivity contribution in [3.05, 3.63) is 64.1 Å². The SMILES string of the molecule is COc1ccc(CN(C)CC(=O)c2cccc(Br)c2)cc1. The summed E-state index contributed by atoms with van der Waals surface area (Å²) >= 11 is 3.39. The summed E-state index contributed by atoms with van der Waals surface area (Å²) < 4.78 is 6.06. The summed E-state index contributed by atoms with van der Waals surface area (Å²) in [6.45, 7) is 1.12. The van der Waals surface area contributed by atoms with Crippen molar-refractivity contribution in [3.8, 4) is 5.75 Å². The zero-order chi connectivity index (χ0) is 15.2. The van der Waals surface area contributed by atoms with Gasteiger partial charge >= 0.3 is 0 Å². The summed E-state index contributed by atoms with van der Waals surface area (Å²) in [6.07, 6.45) is 0. The summed E-state index contributed by atoms with van der Waals surface area (Å²) in [4.78, 5) is 14.2. The van der Waals surface area contributed by atoms with Crippen LogP contribution in [0.2, 0.25) is 0 Å². The van der Waals surface area contributed by atoms with Crippen LogP contribution in [0.3, 0.4) is 0 Å². The summed E-state index contributed by atoms with van der Waals surface area (Å²) in [6, 6.07) is 15.4. The fourth-order valence-corrected chi connectivity index (χ4v) is 2.50. The molecule has 0 radical (unpaired) electrons. The Balaban J connectivity index is 1.94. The summed E-state index contributed by atoms with van der Waals surface area (Å²) in [5.41, 5.74) is 1.88. The second-order valence-corrected chi connectivity index (χ2v) is 5.87. The second-order valence-electron chi connectivity index (χ2n) is 4.95. The normalized spacial score (nSPS) is 10.7. The van der Waals surface area contributed by atoms with Crippen LogP contribution in [-0.2, 0) is 6.54 Å². The Morgan fingerprint density at radius 2 is 1.90 bits per heavy atom. The molecule has 0 aliphatic heterocycles. The van der Waals surface area contributed by atoms with Gasteiger partial charge in [0, 0.05) is 16.6 Å². The largest absolute Gasteiger partial charge is 0.497 e. The van der Waals surface area contributed by atoms with Crippen molar-refractivity contribution in [1.82, 2.24) is 4.90 Å². The monoisotopic (exact) mass is 347 g/mol. The predicted octanol–water partition coefficient (Wildman–Crippen LogP) is 3.77. The number of benzene rings is 2. The van der Waals surface area contributed by atoms with Crippen LogP contribution in [-0.4, -0.2) is 31.4 Å². The first kappa shape index (κ1) is 15.7. The van der Waals surface area contributed by atoms with E-state index in [2.05, 4.69) is 15.9 Å². The van der Waals surface area contributed by atoms with E-state index in [0.29, 0.717) is 6.54 Å². The van der Waals surface area contributed by atoms with Gasteiger partial charge in [0.05, 0.1) is 13.7 Å². The van der Waals surface area contributed by atoms with E-state index in [1.165, 1.54) is 0 Å². The summed E-state index contributed by atoms with van der Waals surface area (Å²) in [5.74, 6) is 0.957. The highest BCUT2D eigenvalue weighted by Gasteiger charge is 2.10. The molecule has 0 amide bonds. The number of hydrogen-bond donors (Lipinski definition) is 0. The third kappa shape index (κ3) is 4.69. The van der Waals surface area contributed by atoms with Crippen LogP contribution in [0.5, 0.6) is 5.75 Å².